The molecule has 1 aliphatic carbocycles. The van der Waals surface area contributed by atoms with E-state index in [1.54, 1.807) is 6.08 Å². The fraction of sp³-hybridized carbons (Fsp3) is 0.583. The van der Waals surface area contributed by atoms with E-state index in [1.165, 1.54) is 35.9 Å². The molecule has 0 spiro atoms. The third-order valence-corrected chi connectivity index (χ3v) is 4.86. The maximum atomic E-state index is 11.7. The zero-order valence-electron chi connectivity index (χ0n) is 10.9. The van der Waals surface area contributed by atoms with Crippen molar-refractivity contribution in [1.29, 1.82) is 0 Å². The van der Waals surface area contributed by atoms with E-state index >= 15 is 0 Å². The molecule has 1 saturated carbocycles. The van der Waals surface area contributed by atoms with Crippen molar-refractivity contribution >= 4 is 34.1 Å². The first-order valence-corrected chi connectivity index (χ1v) is 8.09. The number of carbonyl (C=O) groups is 1. The average Bonchev–Trinajstić information content (AvgIpc) is 3.15. The van der Waals surface area contributed by atoms with E-state index in [1.807, 2.05) is 0 Å². The first-order valence-electron chi connectivity index (χ1n) is 6.29. The quantitative estimate of drug-likeness (QED) is 0.568. The van der Waals surface area contributed by atoms with Crippen LogP contribution in [0.25, 0.3) is 0 Å². The summed E-state index contributed by atoms with van der Waals surface area (Å²) in [6.07, 6.45) is 4.24. The molecule has 104 valence electrons. The molecule has 0 aliphatic heterocycles. The first-order chi connectivity index (χ1) is 9.19. The Morgan fingerprint density at radius 2 is 2.42 bits per heavy atom. The van der Waals surface area contributed by atoms with Gasteiger partial charge in [-0.05, 0) is 25.7 Å². The molecule has 0 radical (unpaired) electrons. The molecule has 1 fully saturated rings. The van der Waals surface area contributed by atoms with Gasteiger partial charge in [-0.25, -0.2) is 0 Å². The van der Waals surface area contributed by atoms with Crippen LogP contribution >= 0.6 is 23.1 Å². The predicted octanol–water partition coefficient (Wildman–Crippen LogP) is 2.14. The Kier molecular flexibility index (Phi) is 5.21. The number of carbonyl (C=O) groups excluding carboxylic acids is 1. The Hall–Kier alpha value is -1.08. The second-order valence-electron chi connectivity index (χ2n) is 4.52. The summed E-state index contributed by atoms with van der Waals surface area (Å²) in [5.41, 5.74) is 0. The largest absolute Gasteiger partial charge is 0.357 e. The van der Waals surface area contributed by atoms with Gasteiger partial charge in [-0.15, -0.1) is 16.8 Å². The SMILES string of the molecule is C=CCNc1nnc(SCC(=O)N[C@@H](C)C2CC2)s1. The molecule has 1 aromatic heterocycles. The minimum absolute atomic E-state index is 0.0696. The van der Waals surface area contributed by atoms with E-state index in [-0.39, 0.29) is 5.91 Å². The zero-order valence-corrected chi connectivity index (χ0v) is 12.5. The summed E-state index contributed by atoms with van der Waals surface area (Å²) in [6, 6.07) is 0.298. The van der Waals surface area contributed by atoms with Gasteiger partial charge in [-0.1, -0.05) is 29.2 Å². The molecule has 5 nitrogen and oxygen atoms in total. The normalized spacial score (nSPS) is 15.8. The Morgan fingerprint density at radius 3 is 3.11 bits per heavy atom. The molecule has 2 rings (SSSR count). The number of aromatic nitrogens is 2. The van der Waals surface area contributed by atoms with Crippen molar-refractivity contribution < 1.29 is 4.79 Å². The number of anilines is 1. The van der Waals surface area contributed by atoms with Gasteiger partial charge in [0.05, 0.1) is 5.75 Å². The molecule has 1 heterocycles. The van der Waals surface area contributed by atoms with E-state index in [0.717, 1.165) is 9.47 Å². The van der Waals surface area contributed by atoms with Crippen LogP contribution in [0.15, 0.2) is 17.0 Å². The summed E-state index contributed by atoms with van der Waals surface area (Å²) in [6.45, 7) is 6.36. The van der Waals surface area contributed by atoms with Gasteiger partial charge in [0, 0.05) is 12.6 Å². The van der Waals surface area contributed by atoms with Gasteiger partial charge < -0.3 is 10.6 Å². The van der Waals surface area contributed by atoms with Crippen LogP contribution in [0.1, 0.15) is 19.8 Å². The number of amides is 1. The summed E-state index contributed by atoms with van der Waals surface area (Å²) in [5.74, 6) is 1.15. The minimum Gasteiger partial charge on any atom is -0.357 e. The maximum Gasteiger partial charge on any atom is 0.230 e. The van der Waals surface area contributed by atoms with E-state index < -0.39 is 0 Å². The van der Waals surface area contributed by atoms with Crippen molar-refractivity contribution in [3.05, 3.63) is 12.7 Å². The van der Waals surface area contributed by atoms with Crippen LogP contribution in [0.2, 0.25) is 0 Å². The molecule has 7 heteroatoms. The molecule has 1 amide bonds. The van der Waals surface area contributed by atoms with Gasteiger partial charge >= 0.3 is 0 Å². The second kappa shape index (κ2) is 6.91. The van der Waals surface area contributed by atoms with Crippen LogP contribution in [0, 0.1) is 5.92 Å². The lowest BCUT2D eigenvalue weighted by Gasteiger charge is -2.11. The van der Waals surface area contributed by atoms with Crippen LogP contribution in [0.4, 0.5) is 5.13 Å². The van der Waals surface area contributed by atoms with Crippen LogP contribution in [-0.4, -0.2) is 34.4 Å². The molecule has 19 heavy (non-hydrogen) atoms. The lowest BCUT2D eigenvalue weighted by Crippen LogP contribution is -2.35. The van der Waals surface area contributed by atoms with Crippen molar-refractivity contribution in [3.8, 4) is 0 Å². The Balaban J connectivity index is 1.70. The molecule has 0 aromatic carbocycles. The summed E-state index contributed by atoms with van der Waals surface area (Å²) in [7, 11) is 0. The van der Waals surface area contributed by atoms with Crippen LogP contribution in [0.3, 0.4) is 0 Å². The molecule has 1 aliphatic rings. The minimum atomic E-state index is 0.0696. The maximum absolute atomic E-state index is 11.7. The van der Waals surface area contributed by atoms with E-state index in [9.17, 15) is 4.79 Å². The lowest BCUT2D eigenvalue weighted by atomic mass is 10.2. The highest BCUT2D eigenvalue weighted by Gasteiger charge is 2.28. The van der Waals surface area contributed by atoms with Gasteiger partial charge in [0.15, 0.2) is 4.34 Å². The summed E-state index contributed by atoms with van der Waals surface area (Å²) >= 11 is 2.88. The molecular formula is C12H18N4OS2. The van der Waals surface area contributed by atoms with Crippen molar-refractivity contribution in [2.45, 2.75) is 30.1 Å². The molecule has 0 bridgehead atoms. The standard InChI is InChI=1S/C12H18N4OS2/c1-3-6-13-11-15-16-12(19-11)18-7-10(17)14-8(2)9-4-5-9/h3,8-9H,1,4-7H2,2H3,(H,13,15)(H,14,17)/t8-/m0/s1. The highest BCUT2D eigenvalue weighted by atomic mass is 32.2. The van der Waals surface area contributed by atoms with E-state index in [4.69, 9.17) is 0 Å². The number of nitrogens with one attached hydrogen (secondary N) is 2. The number of nitrogens with zero attached hydrogens (tertiary/aromatic N) is 2. The van der Waals surface area contributed by atoms with Crippen LogP contribution in [-0.2, 0) is 4.79 Å². The van der Waals surface area contributed by atoms with E-state index in [2.05, 4.69) is 34.3 Å². The third-order valence-electron chi connectivity index (χ3n) is 2.85. The molecule has 0 unspecified atom stereocenters. The van der Waals surface area contributed by atoms with Gasteiger partial charge in [0.2, 0.25) is 11.0 Å². The molecule has 0 saturated heterocycles. The Labute approximate surface area is 121 Å². The molecule has 2 N–H and O–H groups in total. The average molecular weight is 298 g/mol. The van der Waals surface area contributed by atoms with E-state index in [0.29, 0.717) is 24.3 Å². The molecule has 1 aromatic rings. The summed E-state index contributed by atoms with van der Waals surface area (Å²) < 4.78 is 0.806. The fourth-order valence-corrected chi connectivity index (χ4v) is 3.21. The van der Waals surface area contributed by atoms with Crippen LogP contribution < -0.4 is 10.6 Å². The second-order valence-corrected chi connectivity index (χ2v) is 6.72. The van der Waals surface area contributed by atoms with Gasteiger partial charge in [-0.2, -0.15) is 0 Å². The smallest absolute Gasteiger partial charge is 0.230 e. The number of rotatable bonds is 8. The molecule has 1 atom stereocenters. The fourth-order valence-electron chi connectivity index (χ4n) is 1.64. The third kappa shape index (κ3) is 4.83. The topological polar surface area (TPSA) is 66.9 Å². The predicted molar refractivity (Wildman–Crippen MR) is 79.6 cm³/mol. The highest BCUT2D eigenvalue weighted by molar-refractivity contribution is 8.01. The van der Waals surface area contributed by atoms with Crippen LogP contribution in [0.5, 0.6) is 0 Å². The monoisotopic (exact) mass is 298 g/mol. The Morgan fingerprint density at radius 1 is 1.63 bits per heavy atom. The van der Waals surface area contributed by atoms with Crippen molar-refractivity contribution in [2.75, 3.05) is 17.6 Å². The number of thioether (sulfide) groups is 1. The first kappa shape index (κ1) is 14.3. The lowest BCUT2D eigenvalue weighted by molar-refractivity contribution is -0.119. The number of hydrogen-bond donors (Lipinski definition) is 2. The van der Waals surface area contributed by atoms with Crippen molar-refractivity contribution in [1.82, 2.24) is 15.5 Å². The zero-order chi connectivity index (χ0) is 13.7. The summed E-state index contributed by atoms with van der Waals surface area (Å²) in [4.78, 5) is 11.7. The highest BCUT2D eigenvalue weighted by Crippen LogP contribution is 2.32. The molecular weight excluding hydrogens is 280 g/mol. The van der Waals surface area contributed by atoms with Gasteiger partial charge in [-0.3, -0.25) is 4.79 Å². The Bertz CT molecular complexity index is 445. The van der Waals surface area contributed by atoms with Gasteiger partial charge in [0.25, 0.3) is 0 Å². The number of hydrogen-bond acceptors (Lipinski definition) is 6. The van der Waals surface area contributed by atoms with Crippen molar-refractivity contribution in [3.63, 3.8) is 0 Å². The summed E-state index contributed by atoms with van der Waals surface area (Å²) in [5, 5.41) is 14.9. The van der Waals surface area contributed by atoms with Crippen molar-refractivity contribution in [2.24, 2.45) is 5.92 Å². The van der Waals surface area contributed by atoms with Gasteiger partial charge in [0.1, 0.15) is 0 Å².